The lowest BCUT2D eigenvalue weighted by Crippen LogP contribution is -2.10. The van der Waals surface area contributed by atoms with Crippen LogP contribution < -0.4 is 19.3 Å². The first-order valence-electron chi connectivity index (χ1n) is 18.6. The van der Waals surface area contributed by atoms with E-state index in [9.17, 15) is 0 Å². The quantitative estimate of drug-likeness (QED) is 0.106. The van der Waals surface area contributed by atoms with Crippen molar-refractivity contribution in [3.8, 4) is 11.5 Å². The molecule has 5 nitrogen and oxygen atoms in total. The molecule has 0 aliphatic carbocycles. The molecule has 0 atom stereocenters. The first kappa shape index (κ1) is 34.8. The van der Waals surface area contributed by atoms with Gasteiger partial charge in [-0.3, -0.25) is 0 Å². The third kappa shape index (κ3) is 7.36. The van der Waals surface area contributed by atoms with Gasteiger partial charge in [-0.05, 0) is 136 Å². The first-order valence-corrected chi connectivity index (χ1v) is 18.6. The highest BCUT2D eigenvalue weighted by Gasteiger charge is 2.19. The molecule has 0 aliphatic heterocycles. The number of fused-ring (bicyclic) bond motifs is 3. The summed E-state index contributed by atoms with van der Waals surface area (Å²) in [6, 6.07) is 48.1. The lowest BCUT2D eigenvalue weighted by atomic mass is 10.1. The summed E-state index contributed by atoms with van der Waals surface area (Å²) in [4.78, 5) is 4.67. The minimum Gasteiger partial charge on any atom is -0.494 e. The fourth-order valence-electron chi connectivity index (χ4n) is 6.81. The topological polar surface area (TPSA) is 29.9 Å². The van der Waals surface area contributed by atoms with Crippen LogP contribution in [0.25, 0.3) is 21.8 Å². The zero-order chi connectivity index (χ0) is 36.0. The molecule has 1 heterocycles. The Morgan fingerprint density at radius 3 is 1.12 bits per heavy atom. The SMILES string of the molecule is CCCCOc1ccc(N(c2ccc(OCCCC)cc2)c2ccc3c(c2)c2cc(N(c4ccc(C)cc4)c4ccc(C)cc4)ccc2n3C)cc1. The van der Waals surface area contributed by atoms with Crippen LogP contribution in [0.4, 0.5) is 34.1 Å². The van der Waals surface area contributed by atoms with Crippen molar-refractivity contribution in [2.24, 2.45) is 7.05 Å². The first-order chi connectivity index (χ1) is 25.4. The molecule has 0 bridgehead atoms. The summed E-state index contributed by atoms with van der Waals surface area (Å²) < 4.78 is 14.4. The highest BCUT2D eigenvalue weighted by atomic mass is 16.5. The van der Waals surface area contributed by atoms with Gasteiger partial charge in [-0.25, -0.2) is 0 Å². The Labute approximate surface area is 308 Å². The molecule has 52 heavy (non-hydrogen) atoms. The number of unbranched alkanes of at least 4 members (excludes halogenated alkanes) is 2. The number of nitrogens with zero attached hydrogens (tertiary/aromatic N) is 3. The van der Waals surface area contributed by atoms with Crippen LogP contribution in [0.3, 0.4) is 0 Å². The van der Waals surface area contributed by atoms with Gasteiger partial charge in [0.05, 0.1) is 13.2 Å². The van der Waals surface area contributed by atoms with Gasteiger partial charge in [0.2, 0.25) is 0 Å². The predicted molar refractivity (Wildman–Crippen MR) is 220 cm³/mol. The van der Waals surface area contributed by atoms with Crippen LogP contribution in [0.5, 0.6) is 11.5 Å². The summed E-state index contributed by atoms with van der Waals surface area (Å²) >= 11 is 0. The molecule has 0 saturated carbocycles. The van der Waals surface area contributed by atoms with Gasteiger partial charge in [0, 0.05) is 63.0 Å². The number of anilines is 6. The summed E-state index contributed by atoms with van der Waals surface area (Å²) in [5, 5.41) is 2.41. The molecular weight excluding hydrogens is 639 g/mol. The average molecular weight is 688 g/mol. The van der Waals surface area contributed by atoms with Crippen LogP contribution in [0.1, 0.15) is 50.7 Å². The molecule has 0 amide bonds. The molecule has 0 fully saturated rings. The summed E-state index contributed by atoms with van der Waals surface area (Å²) in [7, 11) is 2.16. The average Bonchev–Trinajstić information content (AvgIpc) is 3.45. The number of hydrogen-bond donors (Lipinski definition) is 0. The molecule has 7 rings (SSSR count). The standard InChI is InChI=1S/C47H49N3O2/c1-6-8-30-51-42-24-18-38(19-25-42)50(39-20-26-43(27-21-39)52-31-9-7-2)41-23-29-47-45(33-41)44-32-40(22-28-46(44)48(47)5)49(36-14-10-34(3)11-15-36)37-16-12-35(4)13-17-37/h10-29,32-33H,6-9,30-31H2,1-5H3. The van der Waals surface area contributed by atoms with Gasteiger partial charge in [-0.1, -0.05) is 62.1 Å². The molecule has 0 radical (unpaired) electrons. The van der Waals surface area contributed by atoms with E-state index in [1.807, 2.05) is 0 Å². The molecule has 0 aliphatic rings. The molecule has 5 heteroatoms. The van der Waals surface area contributed by atoms with Gasteiger partial charge in [0.1, 0.15) is 11.5 Å². The Balaban J connectivity index is 1.33. The molecule has 0 spiro atoms. The molecule has 0 N–H and O–H groups in total. The summed E-state index contributed by atoms with van der Waals surface area (Å²) in [5.41, 5.74) is 11.4. The smallest absolute Gasteiger partial charge is 0.119 e. The minimum absolute atomic E-state index is 0.726. The van der Waals surface area contributed by atoms with Crippen molar-refractivity contribution in [1.29, 1.82) is 0 Å². The van der Waals surface area contributed by atoms with Crippen molar-refractivity contribution in [3.05, 3.63) is 145 Å². The monoisotopic (exact) mass is 687 g/mol. The summed E-state index contributed by atoms with van der Waals surface area (Å²) in [5.74, 6) is 1.78. The third-order valence-corrected chi connectivity index (χ3v) is 9.80. The molecule has 0 unspecified atom stereocenters. The predicted octanol–water partition coefficient (Wildman–Crippen LogP) is 13.2. The maximum Gasteiger partial charge on any atom is 0.119 e. The Morgan fingerprint density at radius 2 is 0.769 bits per heavy atom. The van der Waals surface area contributed by atoms with Crippen LogP contribution in [0, 0.1) is 13.8 Å². The van der Waals surface area contributed by atoms with Crippen LogP contribution in [0.2, 0.25) is 0 Å². The van der Waals surface area contributed by atoms with Crippen molar-refractivity contribution >= 4 is 55.9 Å². The van der Waals surface area contributed by atoms with Gasteiger partial charge in [-0.15, -0.1) is 0 Å². The minimum atomic E-state index is 0.726. The van der Waals surface area contributed by atoms with Crippen LogP contribution in [-0.4, -0.2) is 17.8 Å². The highest BCUT2D eigenvalue weighted by Crippen LogP contribution is 2.42. The number of aromatic nitrogens is 1. The van der Waals surface area contributed by atoms with E-state index in [1.54, 1.807) is 0 Å². The van der Waals surface area contributed by atoms with Crippen LogP contribution in [-0.2, 0) is 7.05 Å². The summed E-state index contributed by atoms with van der Waals surface area (Å²) in [6.45, 7) is 10.1. The van der Waals surface area contributed by atoms with E-state index >= 15 is 0 Å². The fraction of sp³-hybridized carbons (Fsp3) is 0.234. The van der Waals surface area contributed by atoms with E-state index < -0.39 is 0 Å². The molecule has 1 aromatic heterocycles. The normalized spacial score (nSPS) is 11.2. The Morgan fingerprint density at radius 1 is 0.442 bits per heavy atom. The maximum atomic E-state index is 6.03. The van der Waals surface area contributed by atoms with Gasteiger partial charge < -0.3 is 23.8 Å². The molecule has 7 aromatic rings. The summed E-state index contributed by atoms with van der Waals surface area (Å²) in [6.07, 6.45) is 4.30. The van der Waals surface area contributed by atoms with Crippen molar-refractivity contribution < 1.29 is 9.47 Å². The van der Waals surface area contributed by atoms with Crippen molar-refractivity contribution in [1.82, 2.24) is 4.57 Å². The van der Waals surface area contributed by atoms with Crippen molar-refractivity contribution in [3.63, 3.8) is 0 Å². The highest BCUT2D eigenvalue weighted by molar-refractivity contribution is 6.11. The number of aryl methyl sites for hydroxylation is 3. The number of ether oxygens (including phenoxy) is 2. The molecule has 264 valence electrons. The van der Waals surface area contributed by atoms with E-state index in [0.29, 0.717) is 0 Å². The number of hydrogen-bond acceptors (Lipinski definition) is 4. The second-order valence-electron chi connectivity index (χ2n) is 13.7. The number of rotatable bonds is 14. The molecular formula is C47H49N3O2. The van der Waals surface area contributed by atoms with Gasteiger partial charge in [0.15, 0.2) is 0 Å². The lowest BCUT2D eigenvalue weighted by molar-refractivity contribution is 0.309. The Hall–Kier alpha value is -5.68. The molecule has 6 aromatic carbocycles. The van der Waals surface area contributed by atoms with Crippen molar-refractivity contribution in [2.45, 2.75) is 53.4 Å². The van der Waals surface area contributed by atoms with Gasteiger partial charge in [-0.2, -0.15) is 0 Å². The van der Waals surface area contributed by atoms with Crippen LogP contribution in [0.15, 0.2) is 133 Å². The van der Waals surface area contributed by atoms with E-state index in [4.69, 9.17) is 9.47 Å². The second-order valence-corrected chi connectivity index (χ2v) is 13.7. The van der Waals surface area contributed by atoms with Gasteiger partial charge in [0.25, 0.3) is 0 Å². The van der Waals surface area contributed by atoms with Gasteiger partial charge >= 0.3 is 0 Å². The second kappa shape index (κ2) is 15.7. The fourth-order valence-corrected chi connectivity index (χ4v) is 6.81. The molecule has 0 saturated heterocycles. The zero-order valence-electron chi connectivity index (χ0n) is 31.1. The van der Waals surface area contributed by atoms with E-state index in [2.05, 4.69) is 183 Å². The lowest BCUT2D eigenvalue weighted by Gasteiger charge is -2.26. The Kier molecular flexibility index (Phi) is 10.5. The largest absolute Gasteiger partial charge is 0.494 e. The zero-order valence-corrected chi connectivity index (χ0v) is 31.1. The maximum absolute atomic E-state index is 6.03. The van der Waals surface area contributed by atoms with E-state index in [-0.39, 0.29) is 0 Å². The Bertz CT molecular complexity index is 2140. The van der Waals surface area contributed by atoms with E-state index in [1.165, 1.54) is 32.9 Å². The van der Waals surface area contributed by atoms with Crippen LogP contribution >= 0.6 is 0 Å². The number of benzene rings is 6. The third-order valence-electron chi connectivity index (χ3n) is 9.80. The van der Waals surface area contributed by atoms with Crippen molar-refractivity contribution in [2.75, 3.05) is 23.0 Å². The van der Waals surface area contributed by atoms with E-state index in [0.717, 1.165) is 84.5 Å².